The van der Waals surface area contributed by atoms with Gasteiger partial charge in [-0.25, -0.2) is 13.2 Å². The summed E-state index contributed by atoms with van der Waals surface area (Å²) >= 11 is 0. The molecule has 0 radical (unpaired) electrons. The molecule has 19 heavy (non-hydrogen) atoms. The molecule has 0 saturated carbocycles. The highest BCUT2D eigenvalue weighted by Gasteiger charge is 2.27. The van der Waals surface area contributed by atoms with Gasteiger partial charge in [-0.1, -0.05) is 0 Å². The number of carbonyl (C=O) groups excluding carboxylic acids is 1. The Morgan fingerprint density at radius 3 is 2.53 bits per heavy atom. The lowest BCUT2D eigenvalue weighted by atomic mass is 10.3. The summed E-state index contributed by atoms with van der Waals surface area (Å²) in [4.78, 5) is 22.7. The van der Waals surface area contributed by atoms with Gasteiger partial charge in [-0.3, -0.25) is 4.79 Å². The van der Waals surface area contributed by atoms with Crippen LogP contribution in [0.3, 0.4) is 0 Å². The number of sulfone groups is 1. The summed E-state index contributed by atoms with van der Waals surface area (Å²) in [7, 11) is -2.31. The molecule has 10 nitrogen and oxygen atoms in total. The maximum Gasteiger partial charge on any atom is 0.327 e. The molecule has 1 unspecified atom stereocenters. The molecule has 1 aromatic heterocycles. The summed E-state index contributed by atoms with van der Waals surface area (Å²) in [5.74, 6) is -3.36. The van der Waals surface area contributed by atoms with Crippen LogP contribution in [-0.4, -0.2) is 57.4 Å². The molecular weight excluding hydrogens is 278 g/mol. The highest BCUT2D eigenvalue weighted by atomic mass is 32.2. The fraction of sp³-hybridized carbons (Fsp3) is 0.625. The van der Waals surface area contributed by atoms with E-state index in [0.29, 0.717) is 0 Å². The molecule has 0 aliphatic rings. The fourth-order valence-corrected chi connectivity index (χ4v) is 2.67. The van der Waals surface area contributed by atoms with Crippen molar-refractivity contribution in [2.75, 3.05) is 5.75 Å². The predicted octanol–water partition coefficient (Wildman–Crippen LogP) is -2.29. The van der Waals surface area contributed by atoms with E-state index in [0.717, 1.165) is 11.7 Å². The van der Waals surface area contributed by atoms with Crippen LogP contribution >= 0.6 is 0 Å². The van der Waals surface area contributed by atoms with Crippen LogP contribution in [-0.2, 0) is 32.2 Å². The Kier molecular flexibility index (Phi) is 4.53. The number of rotatable bonds is 6. The van der Waals surface area contributed by atoms with E-state index >= 15 is 0 Å². The SMILES string of the molecule is CC(=O)NC(CS(=O)(=O)Cc1nnn(C)n1)C(=O)O. The van der Waals surface area contributed by atoms with Crippen LogP contribution in [0.1, 0.15) is 12.7 Å². The molecule has 11 heteroatoms. The van der Waals surface area contributed by atoms with Gasteiger partial charge in [-0.05, 0) is 5.21 Å². The van der Waals surface area contributed by atoms with Crippen molar-refractivity contribution in [3.63, 3.8) is 0 Å². The van der Waals surface area contributed by atoms with Gasteiger partial charge >= 0.3 is 5.97 Å². The van der Waals surface area contributed by atoms with Crippen LogP contribution in [0.5, 0.6) is 0 Å². The first kappa shape index (κ1) is 15.0. The third-order valence-electron chi connectivity index (χ3n) is 1.99. The maximum atomic E-state index is 11.8. The molecule has 0 spiro atoms. The summed E-state index contributed by atoms with van der Waals surface area (Å²) in [5.41, 5.74) is 0. The number of tetrazole rings is 1. The summed E-state index contributed by atoms with van der Waals surface area (Å²) in [5, 5.41) is 21.5. The molecule has 0 saturated heterocycles. The minimum Gasteiger partial charge on any atom is -0.480 e. The van der Waals surface area contributed by atoms with Gasteiger partial charge in [-0.2, -0.15) is 4.80 Å². The first-order valence-corrected chi connectivity index (χ1v) is 6.95. The molecule has 1 aromatic rings. The van der Waals surface area contributed by atoms with Gasteiger partial charge in [-0.15, -0.1) is 10.2 Å². The van der Waals surface area contributed by atoms with Gasteiger partial charge < -0.3 is 10.4 Å². The monoisotopic (exact) mass is 291 g/mol. The molecule has 0 bridgehead atoms. The van der Waals surface area contributed by atoms with Crippen LogP contribution in [0.25, 0.3) is 0 Å². The Hall–Kier alpha value is -2.04. The first-order chi connectivity index (χ1) is 8.69. The highest BCUT2D eigenvalue weighted by molar-refractivity contribution is 7.90. The molecule has 0 aliphatic carbocycles. The number of nitrogens with zero attached hydrogens (tertiary/aromatic N) is 4. The number of carboxylic acids is 1. The number of nitrogens with one attached hydrogen (secondary N) is 1. The van der Waals surface area contributed by atoms with Gasteiger partial charge in [0.15, 0.2) is 15.7 Å². The lowest BCUT2D eigenvalue weighted by Crippen LogP contribution is -2.44. The Bertz CT molecular complexity index is 580. The van der Waals surface area contributed by atoms with Crippen molar-refractivity contribution in [1.29, 1.82) is 0 Å². The number of amides is 1. The Balaban J connectivity index is 2.76. The second kappa shape index (κ2) is 5.73. The number of hydrogen-bond acceptors (Lipinski definition) is 7. The molecule has 106 valence electrons. The van der Waals surface area contributed by atoms with Crippen LogP contribution < -0.4 is 5.32 Å². The van der Waals surface area contributed by atoms with Crippen LogP contribution in [0.15, 0.2) is 0 Å². The van der Waals surface area contributed by atoms with E-state index in [1.54, 1.807) is 0 Å². The Labute approximate surface area is 108 Å². The van der Waals surface area contributed by atoms with Gasteiger partial charge in [0.05, 0.1) is 12.8 Å². The lowest BCUT2D eigenvalue weighted by Gasteiger charge is -2.12. The van der Waals surface area contributed by atoms with E-state index in [1.165, 1.54) is 7.05 Å². The molecule has 1 rings (SSSR count). The van der Waals surface area contributed by atoms with Crippen molar-refractivity contribution in [2.45, 2.75) is 18.7 Å². The second-order valence-corrected chi connectivity index (χ2v) is 5.95. The number of aliphatic carboxylic acids is 1. The van der Waals surface area contributed by atoms with Crippen LogP contribution in [0.4, 0.5) is 0 Å². The van der Waals surface area contributed by atoms with Gasteiger partial charge in [0.1, 0.15) is 11.8 Å². The summed E-state index contributed by atoms with van der Waals surface area (Å²) in [6.07, 6.45) is 0. The van der Waals surface area contributed by atoms with Gasteiger partial charge in [0.2, 0.25) is 5.91 Å². The van der Waals surface area contributed by atoms with Crippen molar-refractivity contribution in [3.05, 3.63) is 5.82 Å². The number of aromatic nitrogens is 4. The number of hydrogen-bond donors (Lipinski definition) is 2. The molecule has 0 fully saturated rings. The van der Waals surface area contributed by atoms with Crippen molar-refractivity contribution in [3.8, 4) is 0 Å². The molecule has 0 aromatic carbocycles. The normalized spacial score (nSPS) is 12.9. The van der Waals surface area contributed by atoms with Crippen LogP contribution in [0.2, 0.25) is 0 Å². The zero-order chi connectivity index (χ0) is 14.6. The average molecular weight is 291 g/mol. The largest absolute Gasteiger partial charge is 0.480 e. The molecule has 1 heterocycles. The van der Waals surface area contributed by atoms with E-state index in [-0.39, 0.29) is 5.82 Å². The summed E-state index contributed by atoms with van der Waals surface area (Å²) < 4.78 is 23.5. The first-order valence-electron chi connectivity index (χ1n) is 5.13. The third-order valence-corrected chi connectivity index (χ3v) is 3.53. The van der Waals surface area contributed by atoms with E-state index in [4.69, 9.17) is 5.11 Å². The minimum atomic E-state index is -3.79. The van der Waals surface area contributed by atoms with E-state index in [1.807, 2.05) is 5.32 Å². The minimum absolute atomic E-state index is 0.0329. The van der Waals surface area contributed by atoms with E-state index < -0.39 is 39.3 Å². The van der Waals surface area contributed by atoms with Gasteiger partial charge in [0, 0.05) is 6.92 Å². The average Bonchev–Trinajstić information content (AvgIpc) is 2.60. The molecular formula is C8H13N5O5S. The Morgan fingerprint density at radius 1 is 1.47 bits per heavy atom. The fourth-order valence-electron chi connectivity index (χ4n) is 1.31. The van der Waals surface area contributed by atoms with Crippen molar-refractivity contribution >= 4 is 21.7 Å². The third kappa shape index (κ3) is 4.99. The summed E-state index contributed by atoms with van der Waals surface area (Å²) in [6, 6.07) is -1.50. The molecule has 1 amide bonds. The number of aryl methyl sites for hydroxylation is 1. The zero-order valence-corrected chi connectivity index (χ0v) is 11.1. The quantitative estimate of drug-likeness (QED) is 0.596. The second-order valence-electron chi connectivity index (χ2n) is 3.84. The molecule has 0 aliphatic heterocycles. The van der Waals surface area contributed by atoms with Crippen LogP contribution in [0, 0.1) is 0 Å². The standard InChI is InChI=1S/C8H13N5O5S/c1-5(14)9-6(8(15)16)3-19(17,18)4-7-10-12-13(2)11-7/h6H,3-4H2,1-2H3,(H,9,14)(H,15,16). The summed E-state index contributed by atoms with van der Waals surface area (Å²) in [6.45, 7) is 1.10. The lowest BCUT2D eigenvalue weighted by molar-refractivity contribution is -0.140. The zero-order valence-electron chi connectivity index (χ0n) is 10.3. The van der Waals surface area contributed by atoms with Crippen molar-refractivity contribution in [2.24, 2.45) is 7.05 Å². The maximum absolute atomic E-state index is 11.8. The highest BCUT2D eigenvalue weighted by Crippen LogP contribution is 2.02. The molecule has 2 N–H and O–H groups in total. The van der Waals surface area contributed by atoms with Crippen molar-refractivity contribution < 1.29 is 23.1 Å². The predicted molar refractivity (Wildman–Crippen MR) is 61.5 cm³/mol. The smallest absolute Gasteiger partial charge is 0.327 e. The number of carboxylic acid groups (broad SMARTS) is 1. The van der Waals surface area contributed by atoms with Gasteiger partial charge in [0.25, 0.3) is 0 Å². The van der Waals surface area contributed by atoms with Crippen molar-refractivity contribution in [1.82, 2.24) is 25.5 Å². The van der Waals surface area contributed by atoms with E-state index in [9.17, 15) is 18.0 Å². The topological polar surface area (TPSA) is 144 Å². The van der Waals surface area contributed by atoms with E-state index in [2.05, 4.69) is 15.4 Å². The Morgan fingerprint density at radius 2 is 2.11 bits per heavy atom. The molecule has 1 atom stereocenters. The number of carbonyl (C=O) groups is 2.